The van der Waals surface area contributed by atoms with E-state index in [0.717, 1.165) is 5.69 Å². The van der Waals surface area contributed by atoms with Crippen molar-refractivity contribution in [2.45, 2.75) is 6.92 Å². The van der Waals surface area contributed by atoms with Crippen LogP contribution in [-0.2, 0) is 0 Å². The number of aromatic nitrogens is 2. The smallest absolute Gasteiger partial charge is 0.297 e. The Kier molecular flexibility index (Phi) is 3.20. The van der Waals surface area contributed by atoms with E-state index in [2.05, 4.69) is 4.98 Å². The van der Waals surface area contributed by atoms with Crippen molar-refractivity contribution in [3.63, 3.8) is 0 Å². The maximum absolute atomic E-state index is 11.1. The molecule has 0 radical (unpaired) electrons. The molecule has 1 aromatic heterocycles. The van der Waals surface area contributed by atoms with Gasteiger partial charge < -0.3 is 4.74 Å². The molecule has 1 heterocycles. The Hall–Kier alpha value is -2.08. The molecule has 0 amide bonds. The fraction of sp³-hybridized carbons (Fsp3) is 0.182. The molecule has 2 rings (SSSR count). The number of nitro groups is 1. The van der Waals surface area contributed by atoms with Crippen LogP contribution in [0.5, 0.6) is 5.75 Å². The molecule has 0 saturated heterocycles. The topological polar surface area (TPSA) is 70.2 Å². The Morgan fingerprint density at radius 1 is 1.50 bits per heavy atom. The first-order valence-corrected chi connectivity index (χ1v) is 5.43. The number of hydrogen-bond donors (Lipinski definition) is 0. The van der Waals surface area contributed by atoms with Gasteiger partial charge in [-0.3, -0.25) is 14.7 Å². The van der Waals surface area contributed by atoms with Gasteiger partial charge in [0.2, 0.25) is 0 Å². The van der Waals surface area contributed by atoms with Crippen molar-refractivity contribution in [3.8, 4) is 11.4 Å². The molecule has 0 fully saturated rings. The number of aryl methyl sites for hydroxylation is 1. The van der Waals surface area contributed by atoms with E-state index in [4.69, 9.17) is 16.3 Å². The second-order valence-electron chi connectivity index (χ2n) is 3.65. The van der Waals surface area contributed by atoms with E-state index in [1.54, 1.807) is 17.7 Å². The van der Waals surface area contributed by atoms with E-state index >= 15 is 0 Å². The lowest BCUT2D eigenvalue weighted by atomic mass is 10.2. The van der Waals surface area contributed by atoms with Crippen molar-refractivity contribution in [2.75, 3.05) is 7.11 Å². The molecular formula is C11H10ClN3O3. The van der Waals surface area contributed by atoms with E-state index in [-0.39, 0.29) is 11.4 Å². The van der Waals surface area contributed by atoms with E-state index < -0.39 is 4.92 Å². The Labute approximate surface area is 108 Å². The number of hydrogen-bond acceptors (Lipinski definition) is 4. The van der Waals surface area contributed by atoms with Crippen LogP contribution >= 0.6 is 11.6 Å². The zero-order valence-corrected chi connectivity index (χ0v) is 10.5. The van der Waals surface area contributed by atoms with E-state index in [9.17, 15) is 10.1 Å². The summed E-state index contributed by atoms with van der Waals surface area (Å²) in [7, 11) is 1.41. The van der Waals surface area contributed by atoms with Crippen molar-refractivity contribution in [3.05, 3.63) is 45.5 Å². The zero-order valence-electron chi connectivity index (χ0n) is 9.75. The maximum Gasteiger partial charge on any atom is 0.297 e. The van der Waals surface area contributed by atoms with Crippen LogP contribution in [0.4, 0.5) is 5.69 Å². The third-order valence-corrected chi connectivity index (χ3v) is 2.73. The Morgan fingerprint density at radius 3 is 2.72 bits per heavy atom. The van der Waals surface area contributed by atoms with Crippen molar-refractivity contribution >= 4 is 17.3 Å². The number of halogens is 1. The monoisotopic (exact) mass is 267 g/mol. The average Bonchev–Trinajstić information content (AvgIpc) is 2.75. The van der Waals surface area contributed by atoms with E-state index in [1.165, 1.54) is 25.6 Å². The lowest BCUT2D eigenvalue weighted by molar-refractivity contribution is -0.384. The molecule has 2 aromatic rings. The van der Waals surface area contributed by atoms with Crippen molar-refractivity contribution in [2.24, 2.45) is 0 Å². The predicted molar refractivity (Wildman–Crippen MR) is 66.5 cm³/mol. The van der Waals surface area contributed by atoms with Crippen molar-refractivity contribution < 1.29 is 9.66 Å². The fourth-order valence-electron chi connectivity index (χ4n) is 1.59. The molecule has 94 valence electrons. The molecule has 0 N–H and O–H groups in total. The highest BCUT2D eigenvalue weighted by Gasteiger charge is 2.19. The first-order chi connectivity index (χ1) is 8.52. The van der Waals surface area contributed by atoms with Gasteiger partial charge in [0.15, 0.2) is 0 Å². The van der Waals surface area contributed by atoms with E-state index in [1.807, 2.05) is 0 Å². The number of imidazole rings is 1. The molecule has 0 aliphatic rings. The molecule has 0 aliphatic carbocycles. The van der Waals surface area contributed by atoms with Gasteiger partial charge in [-0.25, -0.2) is 4.98 Å². The molecule has 0 saturated carbocycles. The Bertz CT molecular complexity index is 610. The predicted octanol–water partition coefficient (Wildman–Crippen LogP) is 2.75. The number of nitro benzene ring substituents is 1. The number of methoxy groups -OCH3 is 1. The fourth-order valence-corrected chi connectivity index (χ4v) is 1.83. The van der Waals surface area contributed by atoms with Crippen LogP contribution in [0.25, 0.3) is 5.69 Å². The highest BCUT2D eigenvalue weighted by atomic mass is 35.5. The summed E-state index contributed by atoms with van der Waals surface area (Å²) in [6.07, 6.45) is 3.19. The van der Waals surface area contributed by atoms with Crippen LogP contribution in [-0.4, -0.2) is 21.6 Å². The quantitative estimate of drug-likeness (QED) is 0.633. The summed E-state index contributed by atoms with van der Waals surface area (Å²) in [4.78, 5) is 14.6. The van der Waals surface area contributed by atoms with Gasteiger partial charge >= 0.3 is 0 Å². The van der Waals surface area contributed by atoms with Crippen LogP contribution in [0.15, 0.2) is 24.7 Å². The van der Waals surface area contributed by atoms with Gasteiger partial charge in [0, 0.05) is 6.20 Å². The standard InChI is InChI=1S/C11H10ClN3O3/c1-7-5-14(6-13-7)9-3-8(12)11(18-2)4-10(9)15(16)17/h3-6H,1-2H3. The normalized spacial score (nSPS) is 10.4. The largest absolute Gasteiger partial charge is 0.495 e. The Morgan fingerprint density at radius 2 is 2.22 bits per heavy atom. The van der Waals surface area contributed by atoms with E-state index in [0.29, 0.717) is 10.7 Å². The second-order valence-corrected chi connectivity index (χ2v) is 4.06. The number of benzene rings is 1. The lowest BCUT2D eigenvalue weighted by Crippen LogP contribution is -1.99. The highest BCUT2D eigenvalue weighted by Crippen LogP contribution is 2.34. The van der Waals surface area contributed by atoms with Crippen LogP contribution in [0.1, 0.15) is 5.69 Å². The number of ether oxygens (including phenoxy) is 1. The first kappa shape index (κ1) is 12.4. The van der Waals surface area contributed by atoms with Crippen LogP contribution in [0.2, 0.25) is 5.02 Å². The van der Waals surface area contributed by atoms with Gasteiger partial charge in [0.25, 0.3) is 5.69 Å². The highest BCUT2D eigenvalue weighted by molar-refractivity contribution is 6.32. The molecule has 1 aromatic carbocycles. The lowest BCUT2D eigenvalue weighted by Gasteiger charge is -2.07. The summed E-state index contributed by atoms with van der Waals surface area (Å²) in [5.74, 6) is 0.268. The summed E-state index contributed by atoms with van der Waals surface area (Å²) >= 11 is 5.98. The maximum atomic E-state index is 11.1. The van der Waals surface area contributed by atoms with Gasteiger partial charge in [-0.05, 0) is 13.0 Å². The van der Waals surface area contributed by atoms with Crippen LogP contribution in [0.3, 0.4) is 0 Å². The van der Waals surface area contributed by atoms with Crippen molar-refractivity contribution in [1.82, 2.24) is 9.55 Å². The molecule has 0 atom stereocenters. The third-order valence-electron chi connectivity index (χ3n) is 2.44. The summed E-state index contributed by atoms with van der Waals surface area (Å²) in [5.41, 5.74) is 1.02. The van der Waals surface area contributed by atoms with Gasteiger partial charge in [0.1, 0.15) is 11.4 Å². The molecule has 0 bridgehead atoms. The first-order valence-electron chi connectivity index (χ1n) is 5.06. The molecule has 6 nitrogen and oxygen atoms in total. The number of rotatable bonds is 3. The van der Waals surface area contributed by atoms with Crippen LogP contribution < -0.4 is 4.74 Å². The third kappa shape index (κ3) is 2.14. The van der Waals surface area contributed by atoms with Gasteiger partial charge in [-0.2, -0.15) is 0 Å². The molecule has 18 heavy (non-hydrogen) atoms. The minimum absolute atomic E-state index is 0.0892. The second kappa shape index (κ2) is 4.66. The summed E-state index contributed by atoms with van der Waals surface area (Å²) < 4.78 is 6.52. The summed E-state index contributed by atoms with van der Waals surface area (Å²) in [6, 6.07) is 2.78. The van der Waals surface area contributed by atoms with Crippen LogP contribution in [0, 0.1) is 17.0 Å². The zero-order chi connectivity index (χ0) is 13.3. The SMILES string of the molecule is COc1cc([N+](=O)[O-])c(-n2cnc(C)c2)cc1Cl. The molecule has 0 unspecified atom stereocenters. The Balaban J connectivity index is 2.65. The minimum Gasteiger partial charge on any atom is -0.495 e. The molecule has 0 spiro atoms. The van der Waals surface area contributed by atoms with Gasteiger partial charge in [-0.15, -0.1) is 0 Å². The number of nitrogens with zero attached hydrogens (tertiary/aromatic N) is 3. The molecular weight excluding hydrogens is 258 g/mol. The molecule has 7 heteroatoms. The van der Waals surface area contributed by atoms with Crippen molar-refractivity contribution in [1.29, 1.82) is 0 Å². The summed E-state index contributed by atoms with van der Waals surface area (Å²) in [6.45, 7) is 1.80. The summed E-state index contributed by atoms with van der Waals surface area (Å²) in [5, 5.41) is 11.4. The molecule has 0 aliphatic heterocycles. The van der Waals surface area contributed by atoms with Gasteiger partial charge in [0.05, 0.1) is 35.1 Å². The minimum atomic E-state index is -0.483. The van der Waals surface area contributed by atoms with Gasteiger partial charge in [-0.1, -0.05) is 11.6 Å². The average molecular weight is 268 g/mol.